The Morgan fingerprint density at radius 3 is 2.67 bits per heavy atom. The number of rotatable bonds is 7. The Morgan fingerprint density at radius 1 is 1.19 bits per heavy atom. The van der Waals surface area contributed by atoms with Crippen LogP contribution in [0.1, 0.15) is 32.8 Å². The van der Waals surface area contributed by atoms with Crippen molar-refractivity contribution >= 4 is 10.8 Å². The summed E-state index contributed by atoms with van der Waals surface area (Å²) in [7, 11) is 0. The summed E-state index contributed by atoms with van der Waals surface area (Å²) in [5.41, 5.74) is 2.39. The van der Waals surface area contributed by atoms with Crippen LogP contribution in [-0.4, -0.2) is 12.6 Å². The van der Waals surface area contributed by atoms with Crippen molar-refractivity contribution in [2.75, 3.05) is 6.61 Å². The van der Waals surface area contributed by atoms with Crippen molar-refractivity contribution in [2.45, 2.75) is 39.8 Å². The second-order valence-electron chi connectivity index (χ2n) is 5.85. The van der Waals surface area contributed by atoms with Gasteiger partial charge in [-0.15, -0.1) is 6.58 Å². The van der Waals surface area contributed by atoms with Gasteiger partial charge < -0.3 is 10.1 Å². The van der Waals surface area contributed by atoms with Crippen molar-refractivity contribution in [3.8, 4) is 5.75 Å². The predicted octanol–water partition coefficient (Wildman–Crippen LogP) is 4.68. The molecule has 0 fully saturated rings. The van der Waals surface area contributed by atoms with Gasteiger partial charge in [0.25, 0.3) is 0 Å². The van der Waals surface area contributed by atoms with E-state index < -0.39 is 0 Å². The molecule has 0 radical (unpaired) electrons. The molecule has 0 saturated carbocycles. The molecule has 0 spiro atoms. The number of nitrogens with one attached hydrogen (secondary N) is 1. The van der Waals surface area contributed by atoms with Crippen LogP contribution in [-0.2, 0) is 6.54 Å². The number of hydrogen-bond donors (Lipinski definition) is 1. The van der Waals surface area contributed by atoms with Crippen LogP contribution in [0.15, 0.2) is 48.6 Å². The molecule has 0 saturated heterocycles. The fourth-order valence-electron chi connectivity index (χ4n) is 2.27. The van der Waals surface area contributed by atoms with E-state index in [1.165, 1.54) is 16.3 Å². The molecule has 0 aliphatic heterocycles. The second kappa shape index (κ2) is 7.28. The van der Waals surface area contributed by atoms with Crippen molar-refractivity contribution in [1.82, 2.24) is 5.32 Å². The maximum absolute atomic E-state index is 5.99. The molecule has 21 heavy (non-hydrogen) atoms. The first kappa shape index (κ1) is 15.6. The molecule has 2 nitrogen and oxygen atoms in total. The molecule has 0 unspecified atom stereocenters. The molecule has 0 aliphatic carbocycles. The van der Waals surface area contributed by atoms with E-state index in [0.717, 1.165) is 24.3 Å². The van der Waals surface area contributed by atoms with Gasteiger partial charge in [-0.2, -0.15) is 0 Å². The molecule has 0 bridgehead atoms. The summed E-state index contributed by atoms with van der Waals surface area (Å²) in [6, 6.07) is 13.1. The van der Waals surface area contributed by atoms with Crippen molar-refractivity contribution in [1.29, 1.82) is 0 Å². The zero-order chi connectivity index (χ0) is 15.2. The topological polar surface area (TPSA) is 21.3 Å². The fraction of sp³-hybridized carbons (Fsp3) is 0.368. The predicted molar refractivity (Wildman–Crippen MR) is 90.8 cm³/mol. The van der Waals surface area contributed by atoms with E-state index >= 15 is 0 Å². The highest BCUT2D eigenvalue weighted by molar-refractivity contribution is 5.87. The molecule has 112 valence electrons. The van der Waals surface area contributed by atoms with E-state index in [-0.39, 0.29) is 0 Å². The number of benzene rings is 2. The molecule has 0 aromatic heterocycles. The van der Waals surface area contributed by atoms with Gasteiger partial charge in [0.15, 0.2) is 0 Å². The van der Waals surface area contributed by atoms with E-state index in [0.29, 0.717) is 12.6 Å². The van der Waals surface area contributed by atoms with Gasteiger partial charge in [-0.3, -0.25) is 0 Å². The Labute approximate surface area is 127 Å². The Bertz CT molecular complexity index is 616. The summed E-state index contributed by atoms with van der Waals surface area (Å²) in [5.74, 6) is 0.975. The van der Waals surface area contributed by atoms with Crippen molar-refractivity contribution in [3.63, 3.8) is 0 Å². The molecular weight excluding hydrogens is 258 g/mol. The molecule has 0 amide bonds. The molecule has 2 aromatic rings. The average Bonchev–Trinajstić information content (AvgIpc) is 2.45. The molecular formula is C19H25NO. The highest BCUT2D eigenvalue weighted by Gasteiger charge is 2.09. The lowest BCUT2D eigenvalue weighted by Gasteiger charge is -2.16. The second-order valence-corrected chi connectivity index (χ2v) is 5.85. The standard InChI is InChI=1S/C19H25NO/c1-14(2)11-12-21-19-10-9-16-7-5-6-8-17(16)18(19)13-20-15(3)4/h5-10,15,20H,1,11-13H2,2-4H3. The summed E-state index contributed by atoms with van der Waals surface area (Å²) in [6.45, 7) is 11.8. The first-order chi connectivity index (χ1) is 10.1. The van der Waals surface area contributed by atoms with Crippen molar-refractivity contribution < 1.29 is 4.74 Å². The van der Waals surface area contributed by atoms with E-state index in [9.17, 15) is 0 Å². The number of ether oxygens (including phenoxy) is 1. The van der Waals surface area contributed by atoms with Gasteiger partial charge in [0.1, 0.15) is 5.75 Å². The van der Waals surface area contributed by atoms with Crippen LogP contribution in [0.3, 0.4) is 0 Å². The first-order valence-corrected chi connectivity index (χ1v) is 7.59. The third kappa shape index (κ3) is 4.33. The summed E-state index contributed by atoms with van der Waals surface area (Å²) < 4.78 is 5.99. The van der Waals surface area contributed by atoms with Crippen molar-refractivity contribution in [3.05, 3.63) is 54.1 Å². The molecule has 2 rings (SSSR count). The summed E-state index contributed by atoms with van der Waals surface area (Å²) in [4.78, 5) is 0. The normalized spacial score (nSPS) is 11.0. The Morgan fingerprint density at radius 2 is 1.95 bits per heavy atom. The minimum absolute atomic E-state index is 0.451. The molecule has 2 heteroatoms. The SMILES string of the molecule is C=C(C)CCOc1ccc2ccccc2c1CNC(C)C. The van der Waals surface area contributed by atoms with Gasteiger partial charge >= 0.3 is 0 Å². The van der Waals surface area contributed by atoms with Crippen LogP contribution in [0.25, 0.3) is 10.8 Å². The minimum Gasteiger partial charge on any atom is -0.493 e. The highest BCUT2D eigenvalue weighted by Crippen LogP contribution is 2.28. The van der Waals surface area contributed by atoms with Crippen LogP contribution in [0.4, 0.5) is 0 Å². The maximum Gasteiger partial charge on any atom is 0.124 e. The first-order valence-electron chi connectivity index (χ1n) is 7.59. The third-order valence-electron chi connectivity index (χ3n) is 3.47. The molecule has 1 N–H and O–H groups in total. The lowest BCUT2D eigenvalue weighted by molar-refractivity contribution is 0.318. The van der Waals surface area contributed by atoms with E-state index in [1.54, 1.807) is 0 Å². The maximum atomic E-state index is 5.99. The lowest BCUT2D eigenvalue weighted by atomic mass is 10.0. The third-order valence-corrected chi connectivity index (χ3v) is 3.47. The monoisotopic (exact) mass is 283 g/mol. The van der Waals surface area contributed by atoms with Gasteiger partial charge in [0.05, 0.1) is 6.61 Å². The molecule has 0 aliphatic rings. The Kier molecular flexibility index (Phi) is 5.40. The molecule has 0 heterocycles. The van der Waals surface area contributed by atoms with E-state index in [4.69, 9.17) is 4.74 Å². The zero-order valence-corrected chi connectivity index (χ0v) is 13.3. The van der Waals surface area contributed by atoms with E-state index in [1.807, 2.05) is 6.92 Å². The van der Waals surface area contributed by atoms with Gasteiger partial charge in [-0.1, -0.05) is 49.8 Å². The lowest BCUT2D eigenvalue weighted by Crippen LogP contribution is -2.22. The van der Waals surface area contributed by atoms with Gasteiger partial charge in [0, 0.05) is 24.6 Å². The summed E-state index contributed by atoms with van der Waals surface area (Å²) >= 11 is 0. The van der Waals surface area contributed by atoms with Crippen LogP contribution >= 0.6 is 0 Å². The van der Waals surface area contributed by atoms with Gasteiger partial charge in [-0.25, -0.2) is 0 Å². The highest BCUT2D eigenvalue weighted by atomic mass is 16.5. The van der Waals surface area contributed by atoms with Crippen LogP contribution in [0, 0.1) is 0 Å². The molecule has 2 aromatic carbocycles. The molecule has 0 atom stereocenters. The van der Waals surface area contributed by atoms with Crippen molar-refractivity contribution in [2.24, 2.45) is 0 Å². The Hall–Kier alpha value is -1.80. The average molecular weight is 283 g/mol. The smallest absolute Gasteiger partial charge is 0.124 e. The fourth-order valence-corrected chi connectivity index (χ4v) is 2.27. The van der Waals surface area contributed by atoms with Crippen LogP contribution in [0.5, 0.6) is 5.75 Å². The van der Waals surface area contributed by atoms with E-state index in [2.05, 4.69) is 62.1 Å². The Balaban J connectivity index is 2.29. The number of hydrogen-bond acceptors (Lipinski definition) is 2. The van der Waals surface area contributed by atoms with Crippen LogP contribution in [0.2, 0.25) is 0 Å². The minimum atomic E-state index is 0.451. The quantitative estimate of drug-likeness (QED) is 0.745. The van der Waals surface area contributed by atoms with Crippen LogP contribution < -0.4 is 10.1 Å². The summed E-state index contributed by atoms with van der Waals surface area (Å²) in [5, 5.41) is 6.01. The van der Waals surface area contributed by atoms with Gasteiger partial charge in [0.2, 0.25) is 0 Å². The number of fused-ring (bicyclic) bond motifs is 1. The van der Waals surface area contributed by atoms with Gasteiger partial charge in [-0.05, 0) is 23.8 Å². The largest absolute Gasteiger partial charge is 0.493 e. The summed E-state index contributed by atoms with van der Waals surface area (Å²) in [6.07, 6.45) is 0.893. The zero-order valence-electron chi connectivity index (χ0n) is 13.3.